The Hall–Kier alpha value is -2.04. The van der Waals surface area contributed by atoms with Crippen LogP contribution in [0.25, 0.3) is 5.69 Å². The largest absolute Gasteiger partial charge is 0.497 e. The molecule has 5 nitrogen and oxygen atoms in total. The smallest absolute Gasteiger partial charge is 0.347 e. The van der Waals surface area contributed by atoms with E-state index in [9.17, 15) is 4.79 Å². The Morgan fingerprint density at radius 2 is 2.06 bits per heavy atom. The summed E-state index contributed by atoms with van der Waals surface area (Å²) in [5.74, 6) is 2.03. The van der Waals surface area contributed by atoms with Gasteiger partial charge >= 0.3 is 5.69 Å². The predicted molar refractivity (Wildman–Crippen MR) is 67.3 cm³/mol. The highest BCUT2D eigenvalue weighted by Crippen LogP contribution is 2.35. The van der Waals surface area contributed by atoms with Crippen LogP contribution in [0.1, 0.15) is 31.0 Å². The molecular formula is C13H15N3O2. The number of aromatic amines is 1. The van der Waals surface area contributed by atoms with E-state index >= 15 is 0 Å². The van der Waals surface area contributed by atoms with Crippen molar-refractivity contribution in [2.24, 2.45) is 0 Å². The fraction of sp³-hybridized carbons (Fsp3) is 0.385. The quantitative estimate of drug-likeness (QED) is 0.897. The van der Waals surface area contributed by atoms with Crippen molar-refractivity contribution in [3.05, 3.63) is 40.6 Å². The molecule has 0 amide bonds. The van der Waals surface area contributed by atoms with Crippen LogP contribution in [0.2, 0.25) is 0 Å². The van der Waals surface area contributed by atoms with Crippen molar-refractivity contribution < 1.29 is 4.74 Å². The van der Waals surface area contributed by atoms with E-state index < -0.39 is 0 Å². The summed E-state index contributed by atoms with van der Waals surface area (Å²) >= 11 is 0. The maximum Gasteiger partial charge on any atom is 0.347 e. The number of ether oxygens (including phenoxy) is 1. The Labute approximate surface area is 104 Å². The highest BCUT2D eigenvalue weighted by atomic mass is 16.5. The molecule has 0 aliphatic heterocycles. The number of H-pyrrole nitrogens is 1. The first kappa shape index (κ1) is 11.1. The molecule has 2 aromatic rings. The van der Waals surface area contributed by atoms with Gasteiger partial charge in [0.15, 0.2) is 0 Å². The number of nitrogens with one attached hydrogen (secondary N) is 1. The molecule has 5 heteroatoms. The summed E-state index contributed by atoms with van der Waals surface area (Å²) in [7, 11) is 1.62. The highest BCUT2D eigenvalue weighted by Gasteiger charge is 2.26. The second kappa shape index (κ2) is 4.33. The maximum atomic E-state index is 11.9. The van der Waals surface area contributed by atoms with E-state index in [1.54, 1.807) is 11.7 Å². The van der Waals surface area contributed by atoms with Gasteiger partial charge in [0.1, 0.15) is 11.6 Å². The first-order valence-electron chi connectivity index (χ1n) is 6.11. The molecular weight excluding hydrogens is 230 g/mol. The second-order valence-electron chi connectivity index (χ2n) is 4.55. The summed E-state index contributed by atoms with van der Waals surface area (Å²) in [5.41, 5.74) is 0.651. The molecule has 94 valence electrons. The lowest BCUT2D eigenvalue weighted by atomic mass is 9.85. The fourth-order valence-electron chi connectivity index (χ4n) is 2.23. The van der Waals surface area contributed by atoms with Crippen LogP contribution in [-0.4, -0.2) is 21.9 Å². The molecule has 1 heterocycles. The van der Waals surface area contributed by atoms with Crippen LogP contribution < -0.4 is 10.4 Å². The minimum atomic E-state index is -0.179. The standard InChI is InChI=1S/C13H15N3O2/c1-18-11-7-5-10(6-8-11)16-12(9-3-2-4-9)14-15-13(16)17/h5-9H,2-4H2,1H3,(H,15,17). The highest BCUT2D eigenvalue weighted by molar-refractivity contribution is 5.38. The van der Waals surface area contributed by atoms with Crippen LogP contribution in [0, 0.1) is 0 Å². The van der Waals surface area contributed by atoms with Gasteiger partial charge in [-0.05, 0) is 37.1 Å². The molecule has 0 bridgehead atoms. The van der Waals surface area contributed by atoms with E-state index in [0.29, 0.717) is 5.92 Å². The third kappa shape index (κ3) is 1.72. The molecule has 1 aromatic carbocycles. The lowest BCUT2D eigenvalue weighted by Crippen LogP contribution is -2.21. The third-order valence-electron chi connectivity index (χ3n) is 3.50. The Kier molecular flexibility index (Phi) is 2.66. The average molecular weight is 245 g/mol. The minimum absolute atomic E-state index is 0.179. The van der Waals surface area contributed by atoms with Crippen molar-refractivity contribution in [1.29, 1.82) is 0 Å². The normalized spacial score (nSPS) is 15.4. The lowest BCUT2D eigenvalue weighted by Gasteiger charge is -2.24. The zero-order valence-electron chi connectivity index (χ0n) is 10.2. The zero-order valence-corrected chi connectivity index (χ0v) is 10.2. The van der Waals surface area contributed by atoms with Crippen molar-refractivity contribution in [2.45, 2.75) is 25.2 Å². The van der Waals surface area contributed by atoms with Gasteiger partial charge in [-0.3, -0.25) is 0 Å². The first-order chi connectivity index (χ1) is 8.79. The van der Waals surface area contributed by atoms with E-state index in [-0.39, 0.29) is 5.69 Å². The Morgan fingerprint density at radius 1 is 1.33 bits per heavy atom. The molecule has 1 N–H and O–H groups in total. The number of nitrogens with zero attached hydrogens (tertiary/aromatic N) is 2. The van der Waals surface area contributed by atoms with E-state index in [1.807, 2.05) is 24.3 Å². The van der Waals surface area contributed by atoms with E-state index in [0.717, 1.165) is 30.1 Å². The fourth-order valence-corrected chi connectivity index (χ4v) is 2.23. The van der Waals surface area contributed by atoms with Gasteiger partial charge in [-0.15, -0.1) is 0 Å². The van der Waals surface area contributed by atoms with Crippen molar-refractivity contribution in [3.8, 4) is 11.4 Å². The zero-order chi connectivity index (χ0) is 12.5. The monoisotopic (exact) mass is 245 g/mol. The van der Waals surface area contributed by atoms with Crippen molar-refractivity contribution >= 4 is 0 Å². The molecule has 0 radical (unpaired) electrons. The molecule has 1 aromatic heterocycles. The van der Waals surface area contributed by atoms with Crippen molar-refractivity contribution in [3.63, 3.8) is 0 Å². The van der Waals surface area contributed by atoms with Gasteiger partial charge in [-0.1, -0.05) is 6.42 Å². The molecule has 1 aliphatic carbocycles. The number of rotatable bonds is 3. The molecule has 1 aliphatic rings. The molecule has 3 rings (SSSR count). The molecule has 0 atom stereocenters. The Morgan fingerprint density at radius 3 is 2.61 bits per heavy atom. The van der Waals surface area contributed by atoms with Crippen molar-refractivity contribution in [1.82, 2.24) is 14.8 Å². The first-order valence-corrected chi connectivity index (χ1v) is 6.11. The van der Waals surface area contributed by atoms with Crippen LogP contribution in [0.15, 0.2) is 29.1 Å². The summed E-state index contributed by atoms with van der Waals surface area (Å²) in [6, 6.07) is 7.44. The summed E-state index contributed by atoms with van der Waals surface area (Å²) in [6.45, 7) is 0. The van der Waals surface area contributed by atoms with Gasteiger partial charge in [0.25, 0.3) is 0 Å². The van der Waals surface area contributed by atoms with E-state index in [2.05, 4.69) is 10.2 Å². The second-order valence-corrected chi connectivity index (χ2v) is 4.55. The van der Waals surface area contributed by atoms with Crippen LogP contribution in [0.5, 0.6) is 5.75 Å². The van der Waals surface area contributed by atoms with E-state index in [1.165, 1.54) is 6.42 Å². The number of methoxy groups -OCH3 is 1. The summed E-state index contributed by atoms with van der Waals surface area (Å²) < 4.78 is 6.77. The molecule has 1 saturated carbocycles. The van der Waals surface area contributed by atoms with Crippen LogP contribution in [0.3, 0.4) is 0 Å². The number of hydrogen-bond donors (Lipinski definition) is 1. The number of benzene rings is 1. The maximum absolute atomic E-state index is 11.9. The topological polar surface area (TPSA) is 59.9 Å². The van der Waals surface area contributed by atoms with Crippen LogP contribution >= 0.6 is 0 Å². The van der Waals surface area contributed by atoms with Gasteiger partial charge in [0.05, 0.1) is 12.8 Å². The molecule has 0 saturated heterocycles. The van der Waals surface area contributed by atoms with E-state index in [4.69, 9.17) is 4.74 Å². The predicted octanol–water partition coefficient (Wildman–Crippen LogP) is 1.84. The van der Waals surface area contributed by atoms with Gasteiger partial charge in [0.2, 0.25) is 0 Å². The molecule has 0 spiro atoms. The minimum Gasteiger partial charge on any atom is -0.497 e. The molecule has 1 fully saturated rings. The van der Waals surface area contributed by atoms with Gasteiger partial charge in [-0.25, -0.2) is 14.5 Å². The summed E-state index contributed by atoms with van der Waals surface area (Å²) in [4.78, 5) is 11.9. The summed E-state index contributed by atoms with van der Waals surface area (Å²) in [6.07, 6.45) is 3.44. The van der Waals surface area contributed by atoms with Crippen LogP contribution in [0.4, 0.5) is 0 Å². The Bertz CT molecular complexity index is 593. The number of aromatic nitrogens is 3. The average Bonchev–Trinajstić information content (AvgIpc) is 2.69. The Balaban J connectivity index is 2.03. The summed E-state index contributed by atoms with van der Waals surface area (Å²) in [5, 5.41) is 6.69. The lowest BCUT2D eigenvalue weighted by molar-refractivity contribution is 0.396. The van der Waals surface area contributed by atoms with Gasteiger partial charge < -0.3 is 4.74 Å². The van der Waals surface area contributed by atoms with Crippen molar-refractivity contribution in [2.75, 3.05) is 7.11 Å². The van der Waals surface area contributed by atoms with Crippen LogP contribution in [-0.2, 0) is 0 Å². The SMILES string of the molecule is COc1ccc(-n2c(C3CCC3)n[nH]c2=O)cc1. The van der Waals surface area contributed by atoms with Gasteiger partial charge in [0, 0.05) is 5.92 Å². The van der Waals surface area contributed by atoms with Gasteiger partial charge in [-0.2, -0.15) is 5.10 Å². The third-order valence-corrected chi connectivity index (χ3v) is 3.50. The molecule has 18 heavy (non-hydrogen) atoms. The number of hydrogen-bond acceptors (Lipinski definition) is 3. The molecule has 0 unspecified atom stereocenters.